The summed E-state index contributed by atoms with van der Waals surface area (Å²) in [6.45, 7) is 2.76. The predicted molar refractivity (Wildman–Crippen MR) is 72.0 cm³/mol. The minimum atomic E-state index is -0.0706. The lowest BCUT2D eigenvalue weighted by atomic mass is 9.97. The molecule has 0 aromatic carbocycles. The molecule has 2 heterocycles. The van der Waals surface area contributed by atoms with Gasteiger partial charge in [0, 0.05) is 23.4 Å². The van der Waals surface area contributed by atoms with Gasteiger partial charge in [0.15, 0.2) is 0 Å². The number of aromatic nitrogens is 1. The van der Waals surface area contributed by atoms with E-state index in [-0.39, 0.29) is 11.9 Å². The van der Waals surface area contributed by atoms with Crippen LogP contribution in [0.5, 0.6) is 0 Å². The molecule has 1 saturated heterocycles. The number of esters is 1. The number of hydrogen-bond donors (Lipinski definition) is 0. The summed E-state index contributed by atoms with van der Waals surface area (Å²) in [5.41, 5.74) is 1.20. The Morgan fingerprint density at radius 2 is 2.22 bits per heavy atom. The lowest BCUT2D eigenvalue weighted by molar-refractivity contribution is -0.147. The van der Waals surface area contributed by atoms with Crippen LogP contribution < -0.4 is 0 Å². The second-order valence-corrected chi connectivity index (χ2v) is 5.50. The summed E-state index contributed by atoms with van der Waals surface area (Å²) >= 11 is 3.42. The third-order valence-electron chi connectivity index (χ3n) is 3.29. The van der Waals surface area contributed by atoms with E-state index >= 15 is 0 Å². The SMILES string of the molecule is COC(=O)C1CCN(Cc2cncc(Br)c2)CC1. The molecule has 0 radical (unpaired) electrons. The summed E-state index contributed by atoms with van der Waals surface area (Å²) in [7, 11) is 1.46. The van der Waals surface area contributed by atoms with Crippen molar-refractivity contribution >= 4 is 21.9 Å². The molecule has 1 aromatic rings. The van der Waals surface area contributed by atoms with Crippen LogP contribution in [0.2, 0.25) is 0 Å². The number of ether oxygens (including phenoxy) is 1. The monoisotopic (exact) mass is 312 g/mol. The van der Waals surface area contributed by atoms with E-state index in [2.05, 4.69) is 31.9 Å². The first-order chi connectivity index (χ1) is 8.69. The minimum Gasteiger partial charge on any atom is -0.469 e. The van der Waals surface area contributed by atoms with E-state index < -0.39 is 0 Å². The molecule has 2 rings (SSSR count). The van der Waals surface area contributed by atoms with Crippen LogP contribution in [0.1, 0.15) is 18.4 Å². The fraction of sp³-hybridized carbons (Fsp3) is 0.538. The van der Waals surface area contributed by atoms with Crippen molar-refractivity contribution in [3.63, 3.8) is 0 Å². The molecular weight excluding hydrogens is 296 g/mol. The Balaban J connectivity index is 1.85. The van der Waals surface area contributed by atoms with Crippen LogP contribution in [0.15, 0.2) is 22.9 Å². The average molecular weight is 313 g/mol. The lowest BCUT2D eigenvalue weighted by Crippen LogP contribution is -2.36. The number of likely N-dealkylation sites (tertiary alicyclic amines) is 1. The number of nitrogens with zero attached hydrogens (tertiary/aromatic N) is 2. The van der Waals surface area contributed by atoms with Crippen molar-refractivity contribution in [3.05, 3.63) is 28.5 Å². The summed E-state index contributed by atoms with van der Waals surface area (Å²) in [4.78, 5) is 17.9. The molecule has 0 saturated carbocycles. The molecule has 0 aliphatic carbocycles. The zero-order valence-corrected chi connectivity index (χ0v) is 12.0. The molecule has 0 atom stereocenters. The zero-order chi connectivity index (χ0) is 13.0. The van der Waals surface area contributed by atoms with Crippen LogP contribution in [0.3, 0.4) is 0 Å². The lowest BCUT2D eigenvalue weighted by Gasteiger charge is -2.30. The highest BCUT2D eigenvalue weighted by Crippen LogP contribution is 2.20. The second kappa shape index (κ2) is 6.29. The fourth-order valence-electron chi connectivity index (χ4n) is 2.29. The van der Waals surface area contributed by atoms with Gasteiger partial charge in [-0.15, -0.1) is 0 Å². The highest BCUT2D eigenvalue weighted by molar-refractivity contribution is 9.10. The predicted octanol–water partition coefficient (Wildman–Crippen LogP) is 2.23. The molecule has 98 valence electrons. The first-order valence-electron chi connectivity index (χ1n) is 6.08. The Kier molecular flexibility index (Phi) is 4.72. The summed E-state index contributed by atoms with van der Waals surface area (Å²) in [6, 6.07) is 2.08. The number of rotatable bonds is 3. The third-order valence-corrected chi connectivity index (χ3v) is 3.72. The van der Waals surface area contributed by atoms with Crippen molar-refractivity contribution < 1.29 is 9.53 Å². The number of methoxy groups -OCH3 is 1. The highest BCUT2D eigenvalue weighted by atomic mass is 79.9. The molecule has 1 aliphatic heterocycles. The van der Waals surface area contributed by atoms with Crippen molar-refractivity contribution in [2.24, 2.45) is 5.92 Å². The van der Waals surface area contributed by atoms with E-state index in [4.69, 9.17) is 4.74 Å². The molecule has 0 bridgehead atoms. The van der Waals surface area contributed by atoms with Crippen molar-refractivity contribution in [1.29, 1.82) is 0 Å². The van der Waals surface area contributed by atoms with E-state index in [1.165, 1.54) is 12.7 Å². The normalized spacial score (nSPS) is 17.7. The molecule has 0 spiro atoms. The van der Waals surface area contributed by atoms with Crippen LogP contribution in [-0.2, 0) is 16.1 Å². The third kappa shape index (κ3) is 3.53. The Morgan fingerprint density at radius 3 is 2.83 bits per heavy atom. The maximum atomic E-state index is 11.4. The molecule has 1 aromatic heterocycles. The first kappa shape index (κ1) is 13.5. The number of carbonyl (C=O) groups is 1. The van der Waals surface area contributed by atoms with Crippen LogP contribution in [0.25, 0.3) is 0 Å². The minimum absolute atomic E-state index is 0.0706. The number of halogens is 1. The van der Waals surface area contributed by atoms with Gasteiger partial charge in [0.1, 0.15) is 0 Å². The Bertz CT molecular complexity index is 417. The Hall–Kier alpha value is -0.940. The summed E-state index contributed by atoms with van der Waals surface area (Å²) in [5.74, 6) is 0.00524. The highest BCUT2D eigenvalue weighted by Gasteiger charge is 2.25. The van der Waals surface area contributed by atoms with Gasteiger partial charge >= 0.3 is 5.97 Å². The van der Waals surface area contributed by atoms with E-state index in [1.54, 1.807) is 6.20 Å². The molecular formula is C13H17BrN2O2. The van der Waals surface area contributed by atoms with Crippen molar-refractivity contribution in [1.82, 2.24) is 9.88 Å². The van der Waals surface area contributed by atoms with Gasteiger partial charge in [0.05, 0.1) is 13.0 Å². The van der Waals surface area contributed by atoms with Gasteiger partial charge < -0.3 is 4.74 Å². The van der Waals surface area contributed by atoms with E-state index in [9.17, 15) is 4.79 Å². The smallest absolute Gasteiger partial charge is 0.308 e. The number of carbonyl (C=O) groups excluding carboxylic acids is 1. The van der Waals surface area contributed by atoms with Crippen molar-refractivity contribution in [3.8, 4) is 0 Å². The number of pyridine rings is 1. The van der Waals surface area contributed by atoms with Gasteiger partial charge in [-0.1, -0.05) is 0 Å². The second-order valence-electron chi connectivity index (χ2n) is 4.58. The van der Waals surface area contributed by atoms with E-state index in [1.807, 2.05) is 6.20 Å². The first-order valence-corrected chi connectivity index (χ1v) is 6.88. The Morgan fingerprint density at radius 1 is 1.50 bits per heavy atom. The average Bonchev–Trinajstić information content (AvgIpc) is 2.39. The van der Waals surface area contributed by atoms with Gasteiger partial charge in [0.25, 0.3) is 0 Å². The number of piperidine rings is 1. The van der Waals surface area contributed by atoms with Crippen molar-refractivity contribution in [2.45, 2.75) is 19.4 Å². The van der Waals surface area contributed by atoms with Gasteiger partial charge in [-0.25, -0.2) is 0 Å². The maximum Gasteiger partial charge on any atom is 0.308 e. The van der Waals surface area contributed by atoms with Crippen LogP contribution in [0, 0.1) is 5.92 Å². The molecule has 4 nitrogen and oxygen atoms in total. The molecule has 1 aliphatic rings. The van der Waals surface area contributed by atoms with Crippen molar-refractivity contribution in [2.75, 3.05) is 20.2 Å². The standard InChI is InChI=1S/C13H17BrN2O2/c1-18-13(17)11-2-4-16(5-3-11)9-10-6-12(14)8-15-7-10/h6-8,11H,2-5,9H2,1H3. The molecule has 1 fully saturated rings. The fourth-order valence-corrected chi connectivity index (χ4v) is 2.71. The topological polar surface area (TPSA) is 42.4 Å². The van der Waals surface area contributed by atoms with Gasteiger partial charge in [-0.05, 0) is 53.5 Å². The van der Waals surface area contributed by atoms with Crippen LogP contribution >= 0.6 is 15.9 Å². The van der Waals surface area contributed by atoms with E-state index in [0.29, 0.717) is 0 Å². The summed E-state index contributed by atoms with van der Waals surface area (Å²) in [5, 5.41) is 0. The van der Waals surface area contributed by atoms with Gasteiger partial charge in [-0.3, -0.25) is 14.7 Å². The summed E-state index contributed by atoms with van der Waals surface area (Å²) < 4.78 is 5.79. The largest absolute Gasteiger partial charge is 0.469 e. The molecule has 18 heavy (non-hydrogen) atoms. The molecule has 5 heteroatoms. The van der Waals surface area contributed by atoms with Crippen LogP contribution in [0.4, 0.5) is 0 Å². The van der Waals surface area contributed by atoms with Gasteiger partial charge in [0.2, 0.25) is 0 Å². The Labute approximate surface area is 115 Å². The molecule has 0 N–H and O–H groups in total. The van der Waals surface area contributed by atoms with Crippen LogP contribution in [-0.4, -0.2) is 36.1 Å². The molecule has 0 amide bonds. The zero-order valence-electron chi connectivity index (χ0n) is 10.4. The number of hydrogen-bond acceptors (Lipinski definition) is 4. The summed E-state index contributed by atoms with van der Waals surface area (Å²) in [6.07, 6.45) is 5.44. The molecule has 0 unspecified atom stereocenters. The van der Waals surface area contributed by atoms with E-state index in [0.717, 1.165) is 36.9 Å². The quantitative estimate of drug-likeness (QED) is 0.803. The maximum absolute atomic E-state index is 11.4. The van der Waals surface area contributed by atoms with Gasteiger partial charge in [-0.2, -0.15) is 0 Å².